The Labute approximate surface area is 92.2 Å². The van der Waals surface area contributed by atoms with Crippen LogP contribution in [0, 0.1) is 11.3 Å². The molecular weight excluding hydrogens is 190 g/mol. The van der Waals surface area contributed by atoms with Gasteiger partial charge in [-0.25, -0.2) is 0 Å². The van der Waals surface area contributed by atoms with Crippen molar-refractivity contribution in [2.45, 2.75) is 50.7 Å². The average molecular weight is 213 g/mol. The minimum atomic E-state index is 0.477. The largest absolute Gasteiger partial charge is 0.329 e. The van der Waals surface area contributed by atoms with Crippen molar-refractivity contribution >= 4 is 11.8 Å². The monoisotopic (exact) mass is 213 g/mol. The van der Waals surface area contributed by atoms with Crippen LogP contribution in [0.25, 0.3) is 0 Å². The highest BCUT2D eigenvalue weighted by molar-refractivity contribution is 8.00. The topological polar surface area (TPSA) is 26.0 Å². The van der Waals surface area contributed by atoms with Gasteiger partial charge in [-0.15, -0.1) is 0 Å². The Morgan fingerprint density at radius 1 is 1.29 bits per heavy atom. The number of nitrogens with two attached hydrogens (primary N) is 1. The van der Waals surface area contributed by atoms with Crippen LogP contribution >= 0.6 is 11.8 Å². The molecule has 0 heterocycles. The third-order valence-corrected chi connectivity index (χ3v) is 5.80. The molecule has 0 bridgehead atoms. The summed E-state index contributed by atoms with van der Waals surface area (Å²) in [5.41, 5.74) is 6.70. The first-order valence-corrected chi connectivity index (χ1v) is 6.92. The van der Waals surface area contributed by atoms with Crippen LogP contribution in [-0.2, 0) is 0 Å². The Hall–Kier alpha value is 0.310. The van der Waals surface area contributed by atoms with Crippen molar-refractivity contribution in [3.8, 4) is 0 Å². The molecule has 0 aromatic rings. The Balaban J connectivity index is 1.81. The summed E-state index contributed by atoms with van der Waals surface area (Å²) in [7, 11) is 0. The Morgan fingerprint density at radius 2 is 1.93 bits per heavy atom. The van der Waals surface area contributed by atoms with E-state index in [4.69, 9.17) is 5.73 Å². The first-order valence-electron chi connectivity index (χ1n) is 5.94. The van der Waals surface area contributed by atoms with Gasteiger partial charge in [-0.2, -0.15) is 11.8 Å². The second-order valence-electron chi connectivity index (χ2n) is 5.80. The molecule has 2 aliphatic carbocycles. The Bertz CT molecular complexity index is 200. The zero-order valence-corrected chi connectivity index (χ0v) is 10.3. The van der Waals surface area contributed by atoms with Crippen molar-refractivity contribution in [2.75, 3.05) is 12.3 Å². The van der Waals surface area contributed by atoms with Crippen LogP contribution in [0.1, 0.15) is 46.0 Å². The summed E-state index contributed by atoms with van der Waals surface area (Å²) in [6.45, 7) is 5.50. The molecule has 0 unspecified atom stereocenters. The molecule has 0 atom stereocenters. The van der Waals surface area contributed by atoms with Gasteiger partial charge in [-0.1, -0.05) is 20.3 Å². The summed E-state index contributed by atoms with van der Waals surface area (Å²) in [4.78, 5) is 0. The molecular formula is C12H23NS. The molecule has 0 aromatic carbocycles. The van der Waals surface area contributed by atoms with Gasteiger partial charge in [-0.05, 0) is 42.8 Å². The molecule has 2 fully saturated rings. The lowest BCUT2D eigenvalue weighted by Gasteiger charge is -2.61. The Morgan fingerprint density at radius 3 is 2.29 bits per heavy atom. The van der Waals surface area contributed by atoms with Crippen molar-refractivity contribution in [3.63, 3.8) is 0 Å². The molecule has 2 saturated carbocycles. The van der Waals surface area contributed by atoms with E-state index in [9.17, 15) is 0 Å². The first-order chi connectivity index (χ1) is 6.60. The van der Waals surface area contributed by atoms with Gasteiger partial charge in [0.25, 0.3) is 0 Å². The van der Waals surface area contributed by atoms with Crippen molar-refractivity contribution < 1.29 is 0 Å². The van der Waals surface area contributed by atoms with Crippen LogP contribution in [0.5, 0.6) is 0 Å². The van der Waals surface area contributed by atoms with E-state index in [2.05, 4.69) is 25.6 Å². The van der Waals surface area contributed by atoms with Gasteiger partial charge in [0, 0.05) is 11.3 Å². The van der Waals surface area contributed by atoms with Gasteiger partial charge in [0.15, 0.2) is 0 Å². The van der Waals surface area contributed by atoms with Crippen molar-refractivity contribution in [2.24, 2.45) is 17.1 Å². The normalized spacial score (nSPS) is 27.4. The van der Waals surface area contributed by atoms with Crippen LogP contribution in [0.4, 0.5) is 0 Å². The number of hydrogen-bond acceptors (Lipinski definition) is 2. The molecule has 82 valence electrons. The fourth-order valence-corrected chi connectivity index (χ4v) is 4.62. The van der Waals surface area contributed by atoms with E-state index in [1.807, 2.05) is 0 Å². The van der Waals surface area contributed by atoms with Gasteiger partial charge in [0.2, 0.25) is 0 Å². The van der Waals surface area contributed by atoms with E-state index < -0.39 is 0 Å². The van der Waals surface area contributed by atoms with Gasteiger partial charge in [-0.3, -0.25) is 0 Å². The SMILES string of the molecule is CC(C)CSC1(CN)CC2(CCC2)C1. The molecule has 14 heavy (non-hydrogen) atoms. The summed E-state index contributed by atoms with van der Waals surface area (Å²) in [5, 5.41) is 0. The van der Waals surface area contributed by atoms with E-state index in [0.29, 0.717) is 4.75 Å². The molecule has 1 spiro atoms. The van der Waals surface area contributed by atoms with E-state index in [-0.39, 0.29) is 0 Å². The van der Waals surface area contributed by atoms with Crippen LogP contribution in [-0.4, -0.2) is 17.0 Å². The third-order valence-electron chi connectivity index (χ3n) is 3.90. The molecule has 0 aromatic heterocycles. The van der Waals surface area contributed by atoms with Crippen molar-refractivity contribution in [1.82, 2.24) is 0 Å². The second kappa shape index (κ2) is 3.71. The predicted octanol–water partition coefficient (Wildman–Crippen LogP) is 3.04. The highest BCUT2D eigenvalue weighted by Gasteiger charge is 2.56. The number of hydrogen-bond donors (Lipinski definition) is 1. The molecule has 0 aliphatic heterocycles. The van der Waals surface area contributed by atoms with E-state index in [1.54, 1.807) is 0 Å². The Kier molecular flexibility index (Phi) is 2.87. The molecule has 2 N–H and O–H groups in total. The molecule has 0 radical (unpaired) electrons. The van der Waals surface area contributed by atoms with Crippen molar-refractivity contribution in [1.29, 1.82) is 0 Å². The average Bonchev–Trinajstić information content (AvgIpc) is 2.00. The predicted molar refractivity (Wildman–Crippen MR) is 64.6 cm³/mol. The molecule has 2 aliphatic rings. The van der Waals surface area contributed by atoms with Gasteiger partial charge < -0.3 is 5.73 Å². The maximum Gasteiger partial charge on any atom is 0.0292 e. The lowest BCUT2D eigenvalue weighted by atomic mass is 9.51. The summed E-state index contributed by atoms with van der Waals surface area (Å²) >= 11 is 2.15. The van der Waals surface area contributed by atoms with Crippen LogP contribution in [0.2, 0.25) is 0 Å². The number of rotatable bonds is 4. The zero-order chi connectivity index (χ0) is 10.2. The molecule has 2 heteroatoms. The summed E-state index contributed by atoms with van der Waals surface area (Å²) < 4.78 is 0.477. The fourth-order valence-electron chi connectivity index (χ4n) is 2.99. The standard InChI is InChI=1S/C12H23NS/c1-10(2)6-14-12(9-13)7-11(8-12)4-3-5-11/h10H,3-9,13H2,1-2H3. The van der Waals surface area contributed by atoms with Crippen molar-refractivity contribution in [3.05, 3.63) is 0 Å². The summed E-state index contributed by atoms with van der Waals surface area (Å²) in [5.74, 6) is 2.09. The quantitative estimate of drug-likeness (QED) is 0.777. The first kappa shape index (κ1) is 10.8. The molecule has 1 nitrogen and oxygen atoms in total. The van der Waals surface area contributed by atoms with Gasteiger partial charge in [0.1, 0.15) is 0 Å². The number of thioether (sulfide) groups is 1. The van der Waals surface area contributed by atoms with Gasteiger partial charge in [0.05, 0.1) is 0 Å². The summed E-state index contributed by atoms with van der Waals surface area (Å²) in [6, 6.07) is 0. The maximum atomic E-state index is 5.93. The van der Waals surface area contributed by atoms with E-state index in [1.165, 1.54) is 37.9 Å². The van der Waals surface area contributed by atoms with E-state index >= 15 is 0 Å². The molecule has 0 saturated heterocycles. The highest BCUT2D eigenvalue weighted by atomic mass is 32.2. The molecule has 0 amide bonds. The fraction of sp³-hybridized carbons (Fsp3) is 1.00. The minimum absolute atomic E-state index is 0.477. The zero-order valence-electron chi connectivity index (χ0n) is 9.51. The van der Waals surface area contributed by atoms with Crippen LogP contribution in [0.15, 0.2) is 0 Å². The third kappa shape index (κ3) is 1.83. The smallest absolute Gasteiger partial charge is 0.0292 e. The second-order valence-corrected chi connectivity index (χ2v) is 7.29. The van der Waals surface area contributed by atoms with Crippen LogP contribution in [0.3, 0.4) is 0 Å². The van der Waals surface area contributed by atoms with E-state index in [0.717, 1.165) is 17.9 Å². The summed E-state index contributed by atoms with van der Waals surface area (Å²) in [6.07, 6.45) is 7.26. The highest BCUT2D eigenvalue weighted by Crippen LogP contribution is 2.64. The molecule has 2 rings (SSSR count). The maximum absolute atomic E-state index is 5.93. The lowest BCUT2D eigenvalue weighted by molar-refractivity contribution is -0.00144. The lowest BCUT2D eigenvalue weighted by Crippen LogP contribution is -2.57. The van der Waals surface area contributed by atoms with Crippen LogP contribution < -0.4 is 5.73 Å². The minimum Gasteiger partial charge on any atom is -0.329 e. The van der Waals surface area contributed by atoms with Gasteiger partial charge >= 0.3 is 0 Å².